The molecule has 0 saturated carbocycles. The molecule has 5 nitrogen and oxygen atoms in total. The van der Waals surface area contributed by atoms with Crippen LogP contribution in [0.2, 0.25) is 0 Å². The molecule has 0 bridgehead atoms. The highest BCUT2D eigenvalue weighted by Crippen LogP contribution is 2.19. The molecule has 1 N–H and O–H groups in total. The molecule has 5 heteroatoms. The summed E-state index contributed by atoms with van der Waals surface area (Å²) in [6.45, 7) is 3.58. The second kappa shape index (κ2) is 7.68. The van der Waals surface area contributed by atoms with Crippen molar-refractivity contribution in [1.29, 1.82) is 0 Å². The first-order valence-corrected chi connectivity index (χ1v) is 5.68. The average molecular weight is 254 g/mol. The van der Waals surface area contributed by atoms with Gasteiger partial charge in [-0.3, -0.25) is 0 Å². The highest BCUT2D eigenvalue weighted by Gasteiger charge is 2.11. The zero-order valence-corrected chi connectivity index (χ0v) is 10.6. The molecule has 0 spiro atoms. The maximum Gasteiger partial charge on any atom is 0.339 e. The van der Waals surface area contributed by atoms with Gasteiger partial charge >= 0.3 is 5.97 Å². The van der Waals surface area contributed by atoms with E-state index in [0.717, 1.165) is 5.56 Å². The molecule has 1 aromatic carbocycles. The maximum absolute atomic E-state index is 11.0. The lowest BCUT2D eigenvalue weighted by Gasteiger charge is -2.10. The highest BCUT2D eigenvalue weighted by atomic mass is 16.5. The molecule has 0 aliphatic rings. The molecule has 100 valence electrons. The van der Waals surface area contributed by atoms with E-state index in [4.69, 9.17) is 19.3 Å². The number of benzene rings is 1. The Morgan fingerprint density at radius 2 is 1.94 bits per heavy atom. The van der Waals surface area contributed by atoms with E-state index in [1.807, 2.05) is 13.0 Å². The van der Waals surface area contributed by atoms with Crippen molar-refractivity contribution in [3.05, 3.63) is 29.3 Å². The van der Waals surface area contributed by atoms with Crippen LogP contribution < -0.4 is 4.74 Å². The summed E-state index contributed by atoms with van der Waals surface area (Å²) in [4.78, 5) is 11.0. The second-order valence-electron chi connectivity index (χ2n) is 3.76. The number of carboxylic acid groups (broad SMARTS) is 1. The van der Waals surface area contributed by atoms with Gasteiger partial charge in [0.1, 0.15) is 17.9 Å². The van der Waals surface area contributed by atoms with Crippen LogP contribution in [0, 0.1) is 6.92 Å². The molecule has 0 saturated heterocycles. The Hall–Kier alpha value is -1.59. The Kier molecular flexibility index (Phi) is 6.18. The van der Waals surface area contributed by atoms with E-state index in [-0.39, 0.29) is 5.56 Å². The van der Waals surface area contributed by atoms with Gasteiger partial charge in [-0.05, 0) is 19.1 Å². The molecular formula is C13H18O5. The number of aromatic carboxylic acids is 1. The lowest BCUT2D eigenvalue weighted by Crippen LogP contribution is -2.11. The minimum Gasteiger partial charge on any atom is -0.490 e. The summed E-state index contributed by atoms with van der Waals surface area (Å²) in [5, 5.41) is 9.03. The van der Waals surface area contributed by atoms with Gasteiger partial charge in [-0.2, -0.15) is 0 Å². The molecule has 0 amide bonds. The number of hydrogen-bond donors (Lipinski definition) is 1. The maximum atomic E-state index is 11.0. The second-order valence-corrected chi connectivity index (χ2v) is 3.76. The molecule has 1 aromatic rings. The Morgan fingerprint density at radius 1 is 1.22 bits per heavy atom. The van der Waals surface area contributed by atoms with Gasteiger partial charge in [-0.15, -0.1) is 0 Å². The quantitative estimate of drug-likeness (QED) is 0.716. The van der Waals surface area contributed by atoms with E-state index in [9.17, 15) is 4.79 Å². The number of ether oxygens (including phenoxy) is 3. The normalized spacial score (nSPS) is 10.3. The highest BCUT2D eigenvalue weighted by molar-refractivity contribution is 5.91. The van der Waals surface area contributed by atoms with Crippen molar-refractivity contribution >= 4 is 5.97 Å². The minimum absolute atomic E-state index is 0.173. The molecule has 1 rings (SSSR count). The number of rotatable bonds is 8. The fourth-order valence-electron chi connectivity index (χ4n) is 1.39. The molecule has 0 unspecified atom stereocenters. The summed E-state index contributed by atoms with van der Waals surface area (Å²) in [6.07, 6.45) is 0. The first-order chi connectivity index (χ1) is 8.65. The Labute approximate surface area is 106 Å². The van der Waals surface area contributed by atoms with Gasteiger partial charge in [0.2, 0.25) is 0 Å². The molecule has 0 fully saturated rings. The summed E-state index contributed by atoms with van der Waals surface area (Å²) in [6, 6.07) is 5.06. The number of hydrogen-bond acceptors (Lipinski definition) is 4. The van der Waals surface area contributed by atoms with Crippen LogP contribution in [-0.2, 0) is 9.47 Å². The molecule has 0 heterocycles. The van der Waals surface area contributed by atoms with Crippen LogP contribution in [0.15, 0.2) is 18.2 Å². The van der Waals surface area contributed by atoms with E-state index in [1.54, 1.807) is 19.2 Å². The van der Waals surface area contributed by atoms with Crippen LogP contribution in [-0.4, -0.2) is 44.6 Å². The number of carboxylic acids is 1. The molecule has 0 radical (unpaired) electrons. The van der Waals surface area contributed by atoms with Gasteiger partial charge in [0.05, 0.1) is 19.8 Å². The van der Waals surface area contributed by atoms with Crippen LogP contribution >= 0.6 is 0 Å². The van der Waals surface area contributed by atoms with Crippen molar-refractivity contribution in [2.75, 3.05) is 33.5 Å². The minimum atomic E-state index is -0.992. The number of aryl methyl sites for hydroxylation is 1. The standard InChI is InChI=1S/C13H18O5/c1-10-3-4-12(11(9-10)13(14)15)18-8-7-17-6-5-16-2/h3-4,9H,5-8H2,1-2H3,(H,14,15). The van der Waals surface area contributed by atoms with Gasteiger partial charge in [0.25, 0.3) is 0 Å². The predicted molar refractivity (Wildman–Crippen MR) is 66.3 cm³/mol. The summed E-state index contributed by atoms with van der Waals surface area (Å²) in [7, 11) is 1.60. The van der Waals surface area contributed by atoms with Crippen LogP contribution in [0.3, 0.4) is 0 Å². The summed E-state index contributed by atoms with van der Waals surface area (Å²) in [5.41, 5.74) is 1.06. The zero-order chi connectivity index (χ0) is 13.4. The van der Waals surface area contributed by atoms with Crippen LogP contribution in [0.5, 0.6) is 5.75 Å². The lowest BCUT2D eigenvalue weighted by atomic mass is 10.1. The van der Waals surface area contributed by atoms with Crippen LogP contribution in [0.25, 0.3) is 0 Å². The van der Waals surface area contributed by atoms with Gasteiger partial charge in [-0.1, -0.05) is 11.6 Å². The average Bonchev–Trinajstić information content (AvgIpc) is 2.35. The van der Waals surface area contributed by atoms with Crippen molar-refractivity contribution in [2.24, 2.45) is 0 Å². The third-order valence-electron chi connectivity index (χ3n) is 2.28. The smallest absolute Gasteiger partial charge is 0.339 e. The van der Waals surface area contributed by atoms with Crippen molar-refractivity contribution in [2.45, 2.75) is 6.92 Å². The lowest BCUT2D eigenvalue weighted by molar-refractivity contribution is 0.0535. The fraction of sp³-hybridized carbons (Fsp3) is 0.462. The molecule has 0 aromatic heterocycles. The SMILES string of the molecule is COCCOCCOc1ccc(C)cc1C(=O)O. The van der Waals surface area contributed by atoms with Gasteiger partial charge in [0.15, 0.2) is 0 Å². The Balaban J connectivity index is 2.44. The molecule has 18 heavy (non-hydrogen) atoms. The summed E-state index contributed by atoms with van der Waals surface area (Å²) >= 11 is 0. The zero-order valence-electron chi connectivity index (χ0n) is 10.6. The van der Waals surface area contributed by atoms with Crippen molar-refractivity contribution in [3.63, 3.8) is 0 Å². The molecule has 0 atom stereocenters. The van der Waals surface area contributed by atoms with E-state index in [1.165, 1.54) is 0 Å². The summed E-state index contributed by atoms with van der Waals surface area (Å²) < 4.78 is 15.4. The van der Waals surface area contributed by atoms with Crippen molar-refractivity contribution < 1.29 is 24.1 Å². The third kappa shape index (κ3) is 4.73. The van der Waals surface area contributed by atoms with E-state index in [2.05, 4.69) is 0 Å². The van der Waals surface area contributed by atoms with Gasteiger partial charge < -0.3 is 19.3 Å². The number of methoxy groups -OCH3 is 1. The van der Waals surface area contributed by atoms with Crippen LogP contribution in [0.1, 0.15) is 15.9 Å². The van der Waals surface area contributed by atoms with E-state index in [0.29, 0.717) is 32.2 Å². The van der Waals surface area contributed by atoms with Gasteiger partial charge in [-0.25, -0.2) is 4.79 Å². The topological polar surface area (TPSA) is 65.0 Å². The van der Waals surface area contributed by atoms with E-state index < -0.39 is 5.97 Å². The van der Waals surface area contributed by atoms with Gasteiger partial charge in [0, 0.05) is 7.11 Å². The van der Waals surface area contributed by atoms with Crippen molar-refractivity contribution in [3.8, 4) is 5.75 Å². The predicted octanol–water partition coefficient (Wildman–Crippen LogP) is 1.74. The first kappa shape index (κ1) is 14.5. The monoisotopic (exact) mass is 254 g/mol. The van der Waals surface area contributed by atoms with E-state index >= 15 is 0 Å². The summed E-state index contributed by atoms with van der Waals surface area (Å²) in [5.74, 6) is -0.627. The Morgan fingerprint density at radius 3 is 2.61 bits per heavy atom. The van der Waals surface area contributed by atoms with Crippen molar-refractivity contribution in [1.82, 2.24) is 0 Å². The molecule has 0 aliphatic carbocycles. The first-order valence-electron chi connectivity index (χ1n) is 5.68. The van der Waals surface area contributed by atoms with Crippen LogP contribution in [0.4, 0.5) is 0 Å². The largest absolute Gasteiger partial charge is 0.490 e. The number of carbonyl (C=O) groups is 1. The Bertz CT molecular complexity index is 389. The fourth-order valence-corrected chi connectivity index (χ4v) is 1.39. The third-order valence-corrected chi connectivity index (χ3v) is 2.28. The molecule has 0 aliphatic heterocycles. The molecular weight excluding hydrogens is 236 g/mol.